The quantitative estimate of drug-likeness (QED) is 0.305. The molecule has 0 aliphatic carbocycles. The fourth-order valence-electron chi connectivity index (χ4n) is 3.98. The van der Waals surface area contributed by atoms with E-state index in [2.05, 4.69) is 21.0 Å². The van der Waals surface area contributed by atoms with Gasteiger partial charge in [0.25, 0.3) is 0 Å². The summed E-state index contributed by atoms with van der Waals surface area (Å²) in [6.45, 7) is 2.32. The van der Waals surface area contributed by atoms with Crippen LogP contribution in [-0.2, 0) is 6.54 Å². The topological polar surface area (TPSA) is 60.7 Å². The summed E-state index contributed by atoms with van der Waals surface area (Å²) in [5.74, 6) is -2.28. The van der Waals surface area contributed by atoms with Crippen LogP contribution in [0.3, 0.4) is 0 Å². The van der Waals surface area contributed by atoms with Crippen molar-refractivity contribution in [1.29, 1.82) is 0 Å². The summed E-state index contributed by atoms with van der Waals surface area (Å²) in [5, 5.41) is 1.04. The molecule has 0 saturated carbocycles. The number of carbonyl (C=O) groups excluding carboxylic acids is 1. The average molecular weight is 442 g/mol. The van der Waals surface area contributed by atoms with Gasteiger partial charge in [-0.1, -0.05) is 19.1 Å². The summed E-state index contributed by atoms with van der Waals surface area (Å²) >= 11 is 0. The minimum atomic E-state index is -0.872. The maximum Gasteiger partial charge on any atom is 0.168 e. The predicted molar refractivity (Wildman–Crippen MR) is 123 cm³/mol. The number of rotatable bonds is 6. The molecule has 0 N–H and O–H groups in total. The maximum atomic E-state index is 14.6. The Hall–Kier alpha value is -4.00. The summed E-state index contributed by atoms with van der Waals surface area (Å²) in [4.78, 5) is 25.4. The second kappa shape index (κ2) is 8.50. The SMILES string of the molecule is CCCC(=O)c1c(F)cc(-c2ccc3ncn(Cc4ccc5ncccc5c4)c3n2)cc1F. The van der Waals surface area contributed by atoms with E-state index in [9.17, 15) is 13.6 Å². The van der Waals surface area contributed by atoms with Gasteiger partial charge in [-0.2, -0.15) is 0 Å². The van der Waals surface area contributed by atoms with Gasteiger partial charge in [0.1, 0.15) is 17.2 Å². The van der Waals surface area contributed by atoms with Crippen LogP contribution in [0.15, 0.2) is 67.1 Å². The summed E-state index contributed by atoms with van der Waals surface area (Å²) in [7, 11) is 0. The molecule has 5 nitrogen and oxygen atoms in total. The lowest BCUT2D eigenvalue weighted by Gasteiger charge is -2.09. The van der Waals surface area contributed by atoms with Gasteiger partial charge in [0.15, 0.2) is 11.4 Å². The monoisotopic (exact) mass is 442 g/mol. The van der Waals surface area contributed by atoms with Crippen LogP contribution in [0.4, 0.5) is 8.78 Å². The van der Waals surface area contributed by atoms with Crippen LogP contribution >= 0.6 is 0 Å². The van der Waals surface area contributed by atoms with E-state index in [-0.39, 0.29) is 12.0 Å². The zero-order valence-corrected chi connectivity index (χ0v) is 17.9. The number of nitrogens with zero attached hydrogens (tertiary/aromatic N) is 4. The van der Waals surface area contributed by atoms with Crippen molar-refractivity contribution in [2.45, 2.75) is 26.3 Å². The molecule has 0 aliphatic rings. The van der Waals surface area contributed by atoms with Gasteiger partial charge in [0.2, 0.25) is 0 Å². The second-order valence-corrected chi connectivity index (χ2v) is 7.93. The number of hydrogen-bond donors (Lipinski definition) is 0. The van der Waals surface area contributed by atoms with E-state index in [0.29, 0.717) is 29.8 Å². The van der Waals surface area contributed by atoms with Crippen molar-refractivity contribution in [2.75, 3.05) is 0 Å². The van der Waals surface area contributed by atoms with Crippen LogP contribution < -0.4 is 0 Å². The molecule has 0 spiro atoms. The fourth-order valence-corrected chi connectivity index (χ4v) is 3.98. The second-order valence-electron chi connectivity index (χ2n) is 7.93. The van der Waals surface area contributed by atoms with Crippen molar-refractivity contribution in [3.8, 4) is 11.3 Å². The lowest BCUT2D eigenvalue weighted by molar-refractivity contribution is 0.0973. The number of halogens is 2. The van der Waals surface area contributed by atoms with Crippen molar-refractivity contribution >= 4 is 27.9 Å². The highest BCUT2D eigenvalue weighted by atomic mass is 19.1. The Balaban J connectivity index is 1.51. The molecule has 0 atom stereocenters. The summed E-state index contributed by atoms with van der Waals surface area (Å²) in [6, 6.07) is 15.7. The number of Topliss-reactive ketones (excluding diaryl/α,β-unsaturated/α-hetero) is 1. The molecule has 33 heavy (non-hydrogen) atoms. The third-order valence-electron chi connectivity index (χ3n) is 5.58. The van der Waals surface area contributed by atoms with E-state index < -0.39 is 23.0 Å². The van der Waals surface area contributed by atoms with E-state index in [1.54, 1.807) is 31.6 Å². The predicted octanol–water partition coefficient (Wildman–Crippen LogP) is 5.96. The minimum absolute atomic E-state index is 0.0986. The molecule has 3 heterocycles. The number of ketones is 1. The van der Waals surface area contributed by atoms with Gasteiger partial charge in [-0.15, -0.1) is 0 Å². The summed E-state index contributed by atoms with van der Waals surface area (Å²) in [6.07, 6.45) is 4.08. The van der Waals surface area contributed by atoms with Crippen LogP contribution in [-0.4, -0.2) is 25.3 Å². The number of aromatic nitrogens is 4. The first kappa shape index (κ1) is 20.9. The highest BCUT2D eigenvalue weighted by Gasteiger charge is 2.19. The average Bonchev–Trinajstić information content (AvgIpc) is 3.20. The third-order valence-corrected chi connectivity index (χ3v) is 5.58. The molecular weight excluding hydrogens is 422 g/mol. The Morgan fingerprint density at radius 2 is 1.76 bits per heavy atom. The molecule has 5 rings (SSSR count). The Bertz CT molecular complexity index is 1490. The van der Waals surface area contributed by atoms with E-state index in [1.165, 1.54) is 0 Å². The minimum Gasteiger partial charge on any atom is -0.311 e. The van der Waals surface area contributed by atoms with Crippen LogP contribution in [0.2, 0.25) is 0 Å². The third kappa shape index (κ3) is 3.98. The number of hydrogen-bond acceptors (Lipinski definition) is 4. The number of benzene rings is 2. The number of carbonyl (C=O) groups is 1. The molecule has 3 aromatic heterocycles. The Labute approximate surface area is 188 Å². The standard InChI is InChI=1S/C26H20F2N4O/c1-2-4-24(33)25-19(27)12-18(13-20(25)28)22-8-9-23-26(31-22)32(15-30-23)14-16-6-7-21-17(11-16)5-3-10-29-21/h3,5-13,15H,2,4,14H2,1H3. The Kier molecular flexibility index (Phi) is 5.38. The zero-order valence-electron chi connectivity index (χ0n) is 17.9. The van der Waals surface area contributed by atoms with Crippen molar-refractivity contribution in [2.24, 2.45) is 0 Å². The first-order valence-electron chi connectivity index (χ1n) is 10.7. The smallest absolute Gasteiger partial charge is 0.168 e. The molecule has 0 fully saturated rings. The molecule has 164 valence electrons. The molecule has 7 heteroatoms. The van der Waals surface area contributed by atoms with Crippen LogP contribution in [0, 0.1) is 11.6 Å². The van der Waals surface area contributed by atoms with E-state index in [4.69, 9.17) is 0 Å². The largest absolute Gasteiger partial charge is 0.311 e. The van der Waals surface area contributed by atoms with Gasteiger partial charge in [-0.05, 0) is 54.4 Å². The van der Waals surface area contributed by atoms with Gasteiger partial charge in [0.05, 0.1) is 29.6 Å². The summed E-state index contributed by atoms with van der Waals surface area (Å²) in [5.41, 5.74) is 3.43. The molecule has 0 amide bonds. The molecular formula is C26H20F2N4O. The first-order valence-corrected chi connectivity index (χ1v) is 10.7. The highest BCUT2D eigenvalue weighted by Crippen LogP contribution is 2.26. The van der Waals surface area contributed by atoms with E-state index in [0.717, 1.165) is 28.6 Å². The lowest BCUT2D eigenvalue weighted by Crippen LogP contribution is -2.06. The van der Waals surface area contributed by atoms with E-state index >= 15 is 0 Å². The normalized spacial score (nSPS) is 11.4. The maximum absolute atomic E-state index is 14.6. The fraction of sp³-hybridized carbons (Fsp3) is 0.154. The number of pyridine rings is 2. The number of imidazole rings is 1. The number of fused-ring (bicyclic) bond motifs is 2. The van der Waals surface area contributed by atoms with Crippen molar-refractivity contribution in [3.63, 3.8) is 0 Å². The molecule has 0 bridgehead atoms. The molecule has 2 aromatic carbocycles. The van der Waals surface area contributed by atoms with Crippen molar-refractivity contribution in [1.82, 2.24) is 19.5 Å². The van der Waals surface area contributed by atoms with Crippen molar-refractivity contribution in [3.05, 3.63) is 89.9 Å². The Morgan fingerprint density at radius 1 is 0.970 bits per heavy atom. The van der Waals surface area contributed by atoms with Crippen LogP contribution in [0.5, 0.6) is 0 Å². The molecule has 0 aliphatic heterocycles. The van der Waals surface area contributed by atoms with Crippen LogP contribution in [0.25, 0.3) is 33.3 Å². The van der Waals surface area contributed by atoms with Gasteiger partial charge in [0, 0.05) is 23.6 Å². The van der Waals surface area contributed by atoms with Gasteiger partial charge >= 0.3 is 0 Å². The van der Waals surface area contributed by atoms with E-state index in [1.807, 2.05) is 28.8 Å². The lowest BCUT2D eigenvalue weighted by atomic mass is 10.0. The summed E-state index contributed by atoms with van der Waals surface area (Å²) < 4.78 is 31.1. The molecule has 5 aromatic rings. The van der Waals surface area contributed by atoms with Gasteiger partial charge < -0.3 is 4.57 Å². The molecule has 0 saturated heterocycles. The van der Waals surface area contributed by atoms with Gasteiger partial charge in [-0.25, -0.2) is 18.7 Å². The molecule has 0 unspecified atom stereocenters. The first-order chi connectivity index (χ1) is 16.0. The van der Waals surface area contributed by atoms with Gasteiger partial charge in [-0.3, -0.25) is 9.78 Å². The van der Waals surface area contributed by atoms with Crippen molar-refractivity contribution < 1.29 is 13.6 Å². The molecule has 0 radical (unpaired) electrons. The van der Waals surface area contributed by atoms with Crippen LogP contribution in [0.1, 0.15) is 35.7 Å². The zero-order chi connectivity index (χ0) is 22.9. The highest BCUT2D eigenvalue weighted by molar-refractivity contribution is 5.97. The Morgan fingerprint density at radius 3 is 2.55 bits per heavy atom.